The number of carbonyl (C=O) groups excluding carboxylic acids is 1. The van der Waals surface area contributed by atoms with E-state index in [1.54, 1.807) is 7.11 Å². The molecule has 3 heteroatoms. The molecule has 1 saturated carbocycles. The van der Waals surface area contributed by atoms with Gasteiger partial charge in [-0.3, -0.25) is 4.79 Å². The molecule has 1 aliphatic carbocycles. The summed E-state index contributed by atoms with van der Waals surface area (Å²) in [5.74, 6) is 0. The third-order valence-electron chi connectivity index (χ3n) is 3.04. The van der Waals surface area contributed by atoms with Gasteiger partial charge in [0.05, 0.1) is 0 Å². The first kappa shape index (κ1) is 11.5. The molecule has 3 nitrogen and oxygen atoms in total. The lowest BCUT2D eigenvalue weighted by Crippen LogP contribution is -2.28. The van der Waals surface area contributed by atoms with Crippen molar-refractivity contribution in [3.05, 3.63) is 0 Å². The van der Waals surface area contributed by atoms with E-state index in [0.717, 1.165) is 38.7 Å². The molecule has 0 heterocycles. The number of methoxy groups -OCH3 is 1. The summed E-state index contributed by atoms with van der Waals surface area (Å²) < 4.78 is 10.2. The fraction of sp³-hybridized carbons (Fsp3) is 0.909. The van der Waals surface area contributed by atoms with Crippen molar-refractivity contribution in [2.24, 2.45) is 0 Å². The molecule has 0 amide bonds. The lowest BCUT2D eigenvalue weighted by molar-refractivity contribution is -0.143. The van der Waals surface area contributed by atoms with Crippen LogP contribution in [0.1, 0.15) is 44.9 Å². The average Bonchev–Trinajstić information content (AvgIpc) is 2.63. The van der Waals surface area contributed by atoms with Crippen LogP contribution in [-0.2, 0) is 14.3 Å². The molecule has 1 aliphatic rings. The van der Waals surface area contributed by atoms with E-state index in [9.17, 15) is 4.79 Å². The molecule has 0 atom stereocenters. The van der Waals surface area contributed by atoms with Gasteiger partial charge >= 0.3 is 0 Å². The smallest absolute Gasteiger partial charge is 0.293 e. The van der Waals surface area contributed by atoms with Crippen LogP contribution in [0.5, 0.6) is 0 Å². The summed E-state index contributed by atoms with van der Waals surface area (Å²) in [6, 6.07) is 0. The van der Waals surface area contributed by atoms with Gasteiger partial charge in [0.1, 0.15) is 5.60 Å². The van der Waals surface area contributed by atoms with E-state index in [1.165, 1.54) is 12.8 Å². The zero-order valence-electron chi connectivity index (χ0n) is 8.96. The quantitative estimate of drug-likeness (QED) is 0.467. The summed E-state index contributed by atoms with van der Waals surface area (Å²) in [6.07, 6.45) is 7.60. The monoisotopic (exact) mass is 200 g/mol. The molecule has 1 fully saturated rings. The second-order valence-electron chi connectivity index (χ2n) is 4.05. The van der Waals surface area contributed by atoms with Crippen molar-refractivity contribution in [1.29, 1.82) is 0 Å². The Balaban J connectivity index is 2.24. The van der Waals surface area contributed by atoms with E-state index in [-0.39, 0.29) is 5.60 Å². The SMILES string of the molecule is COCCCCC1(OC=O)CCCC1. The van der Waals surface area contributed by atoms with Gasteiger partial charge in [-0.2, -0.15) is 0 Å². The number of ether oxygens (including phenoxy) is 2. The molecule has 0 N–H and O–H groups in total. The van der Waals surface area contributed by atoms with Crippen LogP contribution in [0.25, 0.3) is 0 Å². The highest BCUT2D eigenvalue weighted by molar-refractivity contribution is 5.38. The van der Waals surface area contributed by atoms with Crippen molar-refractivity contribution in [1.82, 2.24) is 0 Å². The van der Waals surface area contributed by atoms with Crippen LogP contribution in [0.3, 0.4) is 0 Å². The predicted octanol–water partition coefficient (Wildman–Crippen LogP) is 2.29. The first-order valence-electron chi connectivity index (χ1n) is 5.43. The Hall–Kier alpha value is -0.570. The van der Waals surface area contributed by atoms with Crippen LogP contribution in [0.2, 0.25) is 0 Å². The summed E-state index contributed by atoms with van der Waals surface area (Å²) >= 11 is 0. The van der Waals surface area contributed by atoms with Gasteiger partial charge in [0.15, 0.2) is 0 Å². The van der Waals surface area contributed by atoms with Gasteiger partial charge in [-0.25, -0.2) is 0 Å². The van der Waals surface area contributed by atoms with E-state index in [2.05, 4.69) is 0 Å². The fourth-order valence-electron chi connectivity index (χ4n) is 2.24. The lowest BCUT2D eigenvalue weighted by atomic mass is 9.95. The predicted molar refractivity (Wildman–Crippen MR) is 54.1 cm³/mol. The third-order valence-corrected chi connectivity index (χ3v) is 3.04. The van der Waals surface area contributed by atoms with Crippen LogP contribution in [-0.4, -0.2) is 25.8 Å². The minimum absolute atomic E-state index is 0.129. The molecule has 14 heavy (non-hydrogen) atoms. The minimum atomic E-state index is -0.129. The highest BCUT2D eigenvalue weighted by Gasteiger charge is 2.34. The summed E-state index contributed by atoms with van der Waals surface area (Å²) in [5, 5.41) is 0. The molecule has 0 aromatic heterocycles. The van der Waals surface area contributed by atoms with Gasteiger partial charge in [0, 0.05) is 13.7 Å². The van der Waals surface area contributed by atoms with Crippen molar-refractivity contribution in [2.75, 3.05) is 13.7 Å². The van der Waals surface area contributed by atoms with E-state index >= 15 is 0 Å². The summed E-state index contributed by atoms with van der Waals surface area (Å²) in [4.78, 5) is 10.4. The molecule has 0 aromatic carbocycles. The largest absolute Gasteiger partial charge is 0.461 e. The van der Waals surface area contributed by atoms with Gasteiger partial charge in [-0.15, -0.1) is 0 Å². The molecule has 1 rings (SSSR count). The van der Waals surface area contributed by atoms with Crippen LogP contribution in [0, 0.1) is 0 Å². The van der Waals surface area contributed by atoms with Crippen molar-refractivity contribution in [3.8, 4) is 0 Å². The van der Waals surface area contributed by atoms with Crippen LogP contribution >= 0.6 is 0 Å². The van der Waals surface area contributed by atoms with Crippen LogP contribution < -0.4 is 0 Å². The maximum Gasteiger partial charge on any atom is 0.293 e. The van der Waals surface area contributed by atoms with E-state index in [1.807, 2.05) is 0 Å². The van der Waals surface area contributed by atoms with Crippen LogP contribution in [0.4, 0.5) is 0 Å². The van der Waals surface area contributed by atoms with Crippen molar-refractivity contribution < 1.29 is 14.3 Å². The maximum atomic E-state index is 10.4. The molecule has 0 aromatic rings. The Morgan fingerprint density at radius 2 is 2.00 bits per heavy atom. The van der Waals surface area contributed by atoms with Crippen molar-refractivity contribution in [2.45, 2.75) is 50.5 Å². The highest BCUT2D eigenvalue weighted by Crippen LogP contribution is 2.36. The van der Waals surface area contributed by atoms with E-state index in [0.29, 0.717) is 6.47 Å². The van der Waals surface area contributed by atoms with E-state index in [4.69, 9.17) is 9.47 Å². The Morgan fingerprint density at radius 1 is 1.29 bits per heavy atom. The zero-order valence-corrected chi connectivity index (χ0v) is 8.96. The first-order valence-corrected chi connectivity index (χ1v) is 5.43. The summed E-state index contributed by atoms with van der Waals surface area (Å²) in [5.41, 5.74) is -0.129. The number of rotatable bonds is 7. The molecule has 0 spiro atoms. The summed E-state index contributed by atoms with van der Waals surface area (Å²) in [7, 11) is 1.72. The average molecular weight is 200 g/mol. The first-order chi connectivity index (χ1) is 6.83. The molecular weight excluding hydrogens is 180 g/mol. The second-order valence-corrected chi connectivity index (χ2v) is 4.05. The van der Waals surface area contributed by atoms with Gasteiger partial charge in [0.2, 0.25) is 0 Å². The Morgan fingerprint density at radius 3 is 2.57 bits per heavy atom. The number of carbonyl (C=O) groups is 1. The van der Waals surface area contributed by atoms with Gasteiger partial charge < -0.3 is 9.47 Å². The Labute approximate surface area is 85.8 Å². The Bertz CT molecular complexity index is 162. The van der Waals surface area contributed by atoms with Crippen molar-refractivity contribution >= 4 is 6.47 Å². The standard InChI is InChI=1S/C11H20O3/c1-13-9-5-4-8-11(14-10-12)6-2-3-7-11/h10H,2-9H2,1H3. The molecule has 0 aliphatic heterocycles. The molecule has 82 valence electrons. The normalized spacial score (nSPS) is 19.5. The fourth-order valence-corrected chi connectivity index (χ4v) is 2.24. The highest BCUT2D eigenvalue weighted by atomic mass is 16.5. The third kappa shape index (κ3) is 3.29. The second kappa shape index (κ2) is 6.02. The van der Waals surface area contributed by atoms with Gasteiger partial charge in [-0.1, -0.05) is 0 Å². The van der Waals surface area contributed by atoms with Crippen LogP contribution in [0.15, 0.2) is 0 Å². The zero-order chi connectivity index (χ0) is 10.3. The molecular formula is C11H20O3. The number of unbranched alkanes of at least 4 members (excludes halogenated alkanes) is 1. The maximum absolute atomic E-state index is 10.4. The van der Waals surface area contributed by atoms with Gasteiger partial charge in [0.25, 0.3) is 6.47 Å². The molecule has 0 unspecified atom stereocenters. The van der Waals surface area contributed by atoms with Crippen molar-refractivity contribution in [3.63, 3.8) is 0 Å². The molecule has 0 bridgehead atoms. The van der Waals surface area contributed by atoms with Gasteiger partial charge in [-0.05, 0) is 44.9 Å². The Kier molecular flexibility index (Phi) is 4.94. The van der Waals surface area contributed by atoms with E-state index < -0.39 is 0 Å². The summed E-state index contributed by atoms with van der Waals surface area (Å²) in [6.45, 7) is 1.42. The lowest BCUT2D eigenvalue weighted by Gasteiger charge is -2.26. The number of hydrogen-bond acceptors (Lipinski definition) is 3. The minimum Gasteiger partial charge on any atom is -0.461 e. The molecule has 0 radical (unpaired) electrons. The number of hydrogen-bond donors (Lipinski definition) is 0. The molecule has 0 saturated heterocycles. The topological polar surface area (TPSA) is 35.5 Å².